The van der Waals surface area contributed by atoms with Gasteiger partial charge in [0.2, 0.25) is 5.91 Å². The fourth-order valence-electron chi connectivity index (χ4n) is 3.67. The first-order valence-electron chi connectivity index (χ1n) is 10.2. The van der Waals surface area contributed by atoms with E-state index >= 15 is 0 Å². The maximum absolute atomic E-state index is 13.0. The monoisotopic (exact) mass is 556 g/mol. The molecule has 0 bridgehead atoms. The van der Waals surface area contributed by atoms with Crippen molar-refractivity contribution in [3.05, 3.63) is 23.9 Å². The Morgan fingerprint density at radius 2 is 1.90 bits per heavy atom. The van der Waals surface area contributed by atoms with Gasteiger partial charge in [-0.1, -0.05) is 12.8 Å². The molecule has 31 heavy (non-hydrogen) atoms. The van der Waals surface area contributed by atoms with Gasteiger partial charge in [0.1, 0.15) is 5.82 Å². The van der Waals surface area contributed by atoms with Crippen LogP contribution in [0, 0.1) is 5.41 Å². The van der Waals surface area contributed by atoms with Gasteiger partial charge >= 0.3 is 6.18 Å². The van der Waals surface area contributed by atoms with E-state index in [9.17, 15) is 18.0 Å². The summed E-state index contributed by atoms with van der Waals surface area (Å²) in [5.41, 5.74) is -1.27. The van der Waals surface area contributed by atoms with Crippen LogP contribution in [0.15, 0.2) is 23.3 Å². The molecule has 0 unspecified atom stereocenters. The smallest absolute Gasteiger partial charge is 0.368 e. The highest BCUT2D eigenvalue weighted by molar-refractivity contribution is 14.0. The lowest BCUT2D eigenvalue weighted by molar-refractivity contribution is -0.139. The lowest BCUT2D eigenvalue weighted by atomic mass is 9.85. The van der Waals surface area contributed by atoms with Gasteiger partial charge in [-0.05, 0) is 31.9 Å². The maximum Gasteiger partial charge on any atom is 0.419 e. The third kappa shape index (κ3) is 7.69. The number of rotatable bonds is 8. The lowest BCUT2D eigenvalue weighted by Crippen LogP contribution is -2.43. The summed E-state index contributed by atoms with van der Waals surface area (Å²) >= 11 is 0. The Balaban J connectivity index is 0.00000480. The number of alkyl halides is 3. The minimum absolute atomic E-state index is 0. The van der Waals surface area contributed by atoms with E-state index in [1.807, 2.05) is 6.92 Å². The molecule has 1 heterocycles. The summed E-state index contributed by atoms with van der Waals surface area (Å²) in [6, 6.07) is 2.26. The van der Waals surface area contributed by atoms with Gasteiger partial charge in [-0.3, -0.25) is 9.79 Å². The number of pyridine rings is 1. The molecule has 1 fully saturated rings. The molecule has 1 aliphatic rings. The van der Waals surface area contributed by atoms with Crippen LogP contribution < -0.4 is 16.0 Å². The molecule has 0 aliphatic heterocycles. The van der Waals surface area contributed by atoms with Gasteiger partial charge in [0.15, 0.2) is 5.96 Å². The Kier molecular flexibility index (Phi) is 10.8. The number of carbonyl (C=O) groups excluding carboxylic acids is 1. The Hall–Kier alpha value is -1.79. The first-order chi connectivity index (χ1) is 14.2. The number of nitrogens with zero attached hydrogens (tertiary/aromatic N) is 3. The number of anilines is 1. The van der Waals surface area contributed by atoms with Gasteiger partial charge in [-0.15, -0.1) is 24.0 Å². The highest BCUT2D eigenvalue weighted by atomic mass is 127. The number of aromatic nitrogens is 1. The Morgan fingerprint density at radius 3 is 2.48 bits per heavy atom. The van der Waals surface area contributed by atoms with Gasteiger partial charge < -0.3 is 20.9 Å². The average Bonchev–Trinajstić information content (AvgIpc) is 3.18. The second-order valence-corrected chi connectivity index (χ2v) is 7.63. The van der Waals surface area contributed by atoms with Crippen LogP contribution in [0.25, 0.3) is 0 Å². The number of halogens is 4. The molecule has 1 aromatic rings. The van der Waals surface area contributed by atoms with Crippen LogP contribution in [0.2, 0.25) is 0 Å². The van der Waals surface area contributed by atoms with Crippen LogP contribution >= 0.6 is 24.0 Å². The van der Waals surface area contributed by atoms with Crippen molar-refractivity contribution in [2.45, 2.75) is 38.8 Å². The highest BCUT2D eigenvalue weighted by Gasteiger charge is 2.42. The van der Waals surface area contributed by atoms with Crippen molar-refractivity contribution in [3.8, 4) is 0 Å². The van der Waals surface area contributed by atoms with Gasteiger partial charge in [-0.2, -0.15) is 13.2 Å². The summed E-state index contributed by atoms with van der Waals surface area (Å²) in [5.74, 6) is 0.431. The van der Waals surface area contributed by atoms with E-state index in [0.717, 1.165) is 31.7 Å². The predicted octanol–water partition coefficient (Wildman–Crippen LogP) is 3.33. The van der Waals surface area contributed by atoms with Crippen LogP contribution in [0.4, 0.5) is 19.0 Å². The van der Waals surface area contributed by atoms with Gasteiger partial charge in [0.25, 0.3) is 0 Å². The molecule has 1 saturated carbocycles. The number of nitrogens with one attached hydrogen (secondary N) is 3. The predicted molar refractivity (Wildman–Crippen MR) is 127 cm³/mol. The van der Waals surface area contributed by atoms with Crippen LogP contribution in [0.3, 0.4) is 0 Å². The van der Waals surface area contributed by atoms with Crippen LogP contribution in [0.1, 0.15) is 38.2 Å². The van der Waals surface area contributed by atoms with Crippen molar-refractivity contribution in [3.63, 3.8) is 0 Å². The SMILES string of the molecule is CCNC(=NCC1(C(=O)N(C)C)CCCC1)NCCNc1ncccc1C(F)(F)F.I. The van der Waals surface area contributed by atoms with Crippen LogP contribution in [0.5, 0.6) is 0 Å². The van der Waals surface area contributed by atoms with Crippen molar-refractivity contribution >= 4 is 41.7 Å². The molecule has 0 radical (unpaired) electrons. The molecule has 7 nitrogen and oxygen atoms in total. The Morgan fingerprint density at radius 1 is 1.23 bits per heavy atom. The number of aliphatic imine (C=N–C) groups is 1. The fraction of sp³-hybridized carbons (Fsp3) is 0.650. The Labute approximate surface area is 198 Å². The fourth-order valence-corrected chi connectivity index (χ4v) is 3.67. The lowest BCUT2D eigenvalue weighted by Gasteiger charge is -2.29. The zero-order valence-electron chi connectivity index (χ0n) is 18.2. The van der Waals surface area contributed by atoms with Crippen molar-refractivity contribution in [2.75, 3.05) is 45.6 Å². The van der Waals surface area contributed by atoms with Crippen molar-refractivity contribution in [1.82, 2.24) is 20.5 Å². The van der Waals surface area contributed by atoms with Gasteiger partial charge in [-0.25, -0.2) is 4.98 Å². The molecule has 0 spiro atoms. The third-order valence-electron chi connectivity index (χ3n) is 5.13. The molecule has 0 saturated heterocycles. The van der Waals surface area contributed by atoms with E-state index in [1.165, 1.54) is 12.3 Å². The minimum atomic E-state index is -4.46. The Bertz CT molecular complexity index is 736. The molecule has 2 rings (SSSR count). The van der Waals surface area contributed by atoms with Crippen LogP contribution in [-0.2, 0) is 11.0 Å². The molecule has 1 aromatic heterocycles. The summed E-state index contributed by atoms with van der Waals surface area (Å²) in [5, 5.41) is 8.94. The summed E-state index contributed by atoms with van der Waals surface area (Å²) in [6.07, 6.45) is 0.500. The van der Waals surface area contributed by atoms with E-state index in [-0.39, 0.29) is 42.2 Å². The molecule has 1 amide bonds. The maximum atomic E-state index is 13.0. The highest BCUT2D eigenvalue weighted by Crippen LogP contribution is 2.39. The van der Waals surface area contributed by atoms with E-state index in [1.54, 1.807) is 19.0 Å². The largest absolute Gasteiger partial charge is 0.419 e. The first kappa shape index (κ1) is 27.2. The normalized spacial score (nSPS) is 15.7. The number of hydrogen-bond donors (Lipinski definition) is 3. The zero-order chi connectivity index (χ0) is 22.2. The van der Waals surface area contributed by atoms with Crippen molar-refractivity contribution < 1.29 is 18.0 Å². The summed E-state index contributed by atoms with van der Waals surface area (Å²) in [6.45, 7) is 3.51. The number of carbonyl (C=O) groups is 1. The minimum Gasteiger partial charge on any atom is -0.368 e. The summed E-state index contributed by atoms with van der Waals surface area (Å²) in [7, 11) is 3.52. The van der Waals surface area contributed by atoms with Gasteiger partial charge in [0, 0.05) is 39.9 Å². The van der Waals surface area contributed by atoms with E-state index in [0.29, 0.717) is 25.6 Å². The third-order valence-corrected chi connectivity index (χ3v) is 5.13. The molecule has 0 aromatic carbocycles. The first-order valence-corrected chi connectivity index (χ1v) is 10.2. The molecule has 0 atom stereocenters. The quantitative estimate of drug-likeness (QED) is 0.198. The number of amides is 1. The summed E-state index contributed by atoms with van der Waals surface area (Å²) in [4.78, 5) is 22.7. The standard InChI is InChI=1S/C20H31F3N6O.HI/c1-4-24-18(28-14-19(9-5-6-10-19)17(30)29(2)3)27-13-12-26-16-15(20(21,22)23)8-7-11-25-16;/h7-8,11H,4-6,9-10,12-14H2,1-3H3,(H,25,26)(H2,24,27,28);1H. The van der Waals surface area contributed by atoms with E-state index in [2.05, 4.69) is 25.9 Å². The second-order valence-electron chi connectivity index (χ2n) is 7.63. The molecule has 176 valence electrons. The second kappa shape index (κ2) is 12.3. The zero-order valence-corrected chi connectivity index (χ0v) is 20.5. The number of hydrogen-bond acceptors (Lipinski definition) is 4. The van der Waals surface area contributed by atoms with Crippen molar-refractivity contribution in [1.29, 1.82) is 0 Å². The summed E-state index contributed by atoms with van der Waals surface area (Å²) < 4.78 is 39.1. The average molecular weight is 556 g/mol. The number of guanidine groups is 1. The van der Waals surface area contributed by atoms with E-state index in [4.69, 9.17) is 0 Å². The topological polar surface area (TPSA) is 81.7 Å². The molecular formula is C20H32F3IN6O. The van der Waals surface area contributed by atoms with Gasteiger partial charge in [0.05, 0.1) is 17.5 Å². The molecular weight excluding hydrogens is 524 g/mol. The molecule has 1 aliphatic carbocycles. The van der Waals surface area contributed by atoms with Crippen molar-refractivity contribution in [2.24, 2.45) is 10.4 Å². The molecule has 3 N–H and O–H groups in total. The molecule has 11 heteroatoms. The van der Waals surface area contributed by atoms with E-state index < -0.39 is 17.2 Å². The van der Waals surface area contributed by atoms with Crippen LogP contribution in [-0.4, -0.2) is 62.0 Å².